The average molecular weight is 265 g/mol. The third kappa shape index (κ3) is 3.37. The molecule has 4 nitrogen and oxygen atoms in total. The third-order valence-corrected chi connectivity index (χ3v) is 4.34. The molecule has 19 heavy (non-hydrogen) atoms. The molecule has 0 aromatic carbocycles. The maximum absolute atomic E-state index is 5.38. The summed E-state index contributed by atoms with van der Waals surface area (Å²) < 4.78 is 5.38. The van der Waals surface area contributed by atoms with Crippen molar-refractivity contribution in [3.8, 4) is 0 Å². The maximum atomic E-state index is 5.38. The molecule has 2 atom stereocenters. The quantitative estimate of drug-likeness (QED) is 0.908. The van der Waals surface area contributed by atoms with E-state index in [1.165, 1.54) is 0 Å². The second-order valence-corrected chi connectivity index (χ2v) is 6.45. The van der Waals surface area contributed by atoms with E-state index in [4.69, 9.17) is 4.52 Å². The van der Waals surface area contributed by atoms with Gasteiger partial charge in [0.2, 0.25) is 0 Å². The zero-order chi connectivity index (χ0) is 14.0. The number of nitrogens with zero attached hydrogens (tertiary/aromatic N) is 2. The van der Waals surface area contributed by atoms with Gasteiger partial charge >= 0.3 is 0 Å². The molecule has 0 amide bonds. The van der Waals surface area contributed by atoms with E-state index in [0.717, 1.165) is 37.5 Å². The minimum absolute atomic E-state index is 0.209. The maximum Gasteiger partial charge on any atom is 0.150 e. The highest BCUT2D eigenvalue weighted by Gasteiger charge is 2.36. The molecule has 1 aliphatic heterocycles. The highest BCUT2D eigenvalue weighted by atomic mass is 16.5. The van der Waals surface area contributed by atoms with Gasteiger partial charge in [-0.05, 0) is 26.2 Å². The van der Waals surface area contributed by atoms with Crippen LogP contribution in [0.15, 0.2) is 10.6 Å². The van der Waals surface area contributed by atoms with Gasteiger partial charge in [0.15, 0.2) is 5.76 Å². The molecular weight excluding hydrogens is 238 g/mol. The fraction of sp³-hybridized carbons (Fsp3) is 0.800. The average Bonchev–Trinajstić information content (AvgIpc) is 2.74. The second-order valence-electron chi connectivity index (χ2n) is 6.45. The van der Waals surface area contributed by atoms with Crippen LogP contribution >= 0.6 is 0 Å². The summed E-state index contributed by atoms with van der Waals surface area (Å²) in [6, 6.07) is 2.60. The Hall–Kier alpha value is -0.870. The first kappa shape index (κ1) is 14.5. The summed E-state index contributed by atoms with van der Waals surface area (Å²) in [6.07, 6.45) is 1.14. The van der Waals surface area contributed by atoms with Crippen molar-refractivity contribution in [3.05, 3.63) is 17.5 Å². The fourth-order valence-electron chi connectivity index (χ4n) is 2.86. The predicted octanol–water partition coefficient (Wildman–Crippen LogP) is 2.58. The van der Waals surface area contributed by atoms with Gasteiger partial charge in [0.25, 0.3) is 0 Å². The molecule has 4 heteroatoms. The molecule has 2 rings (SSSR count). The summed E-state index contributed by atoms with van der Waals surface area (Å²) in [5, 5.41) is 7.70. The number of hydrogen-bond acceptors (Lipinski definition) is 4. The molecule has 108 valence electrons. The predicted molar refractivity (Wildman–Crippen MR) is 77.0 cm³/mol. The standard InChI is InChI=1S/C15H27N3O/c1-6-15(5)10-18(14(8-16-15)11(2)3)9-13-7-12(4)17-19-13/h7,11,14,16H,6,8-10H2,1-5H3. The molecule has 0 aliphatic carbocycles. The Bertz CT molecular complexity index is 415. The lowest BCUT2D eigenvalue weighted by Crippen LogP contribution is -2.63. The van der Waals surface area contributed by atoms with Gasteiger partial charge in [-0.1, -0.05) is 25.9 Å². The summed E-state index contributed by atoms with van der Waals surface area (Å²) in [4.78, 5) is 2.55. The van der Waals surface area contributed by atoms with Crippen molar-refractivity contribution in [1.29, 1.82) is 0 Å². The van der Waals surface area contributed by atoms with Crippen LogP contribution in [0.1, 0.15) is 45.6 Å². The Morgan fingerprint density at radius 1 is 1.58 bits per heavy atom. The summed E-state index contributed by atoms with van der Waals surface area (Å²) in [5.74, 6) is 1.61. The molecular formula is C15H27N3O. The minimum atomic E-state index is 0.209. The summed E-state index contributed by atoms with van der Waals surface area (Å²) in [7, 11) is 0. The van der Waals surface area contributed by atoms with E-state index in [9.17, 15) is 0 Å². The topological polar surface area (TPSA) is 41.3 Å². The fourth-order valence-corrected chi connectivity index (χ4v) is 2.86. The van der Waals surface area contributed by atoms with Gasteiger partial charge in [0, 0.05) is 30.7 Å². The van der Waals surface area contributed by atoms with E-state index in [2.05, 4.69) is 43.1 Å². The molecule has 1 aromatic heterocycles. The van der Waals surface area contributed by atoms with Crippen molar-refractivity contribution in [2.45, 2.75) is 59.2 Å². The number of piperazine rings is 1. The van der Waals surface area contributed by atoms with Gasteiger partial charge in [-0.15, -0.1) is 0 Å². The Labute approximate surface area is 116 Å². The van der Waals surface area contributed by atoms with Gasteiger partial charge in [-0.25, -0.2) is 0 Å². The first-order valence-electron chi connectivity index (χ1n) is 7.35. The van der Waals surface area contributed by atoms with Crippen LogP contribution in [0.25, 0.3) is 0 Å². The summed E-state index contributed by atoms with van der Waals surface area (Å²) in [6.45, 7) is 14.1. The monoisotopic (exact) mass is 265 g/mol. The summed E-state index contributed by atoms with van der Waals surface area (Å²) >= 11 is 0. The lowest BCUT2D eigenvalue weighted by molar-refractivity contribution is 0.0471. The zero-order valence-corrected chi connectivity index (χ0v) is 12.9. The molecule has 0 bridgehead atoms. The van der Waals surface area contributed by atoms with Crippen molar-refractivity contribution in [2.75, 3.05) is 13.1 Å². The lowest BCUT2D eigenvalue weighted by Gasteiger charge is -2.47. The van der Waals surface area contributed by atoms with Crippen molar-refractivity contribution in [1.82, 2.24) is 15.4 Å². The number of nitrogens with one attached hydrogen (secondary N) is 1. The van der Waals surface area contributed by atoms with Crippen molar-refractivity contribution in [2.24, 2.45) is 5.92 Å². The Balaban J connectivity index is 2.11. The van der Waals surface area contributed by atoms with E-state index < -0.39 is 0 Å². The molecule has 0 spiro atoms. The first-order valence-corrected chi connectivity index (χ1v) is 7.35. The van der Waals surface area contributed by atoms with E-state index in [1.807, 2.05) is 13.0 Å². The first-order chi connectivity index (χ1) is 8.93. The number of hydrogen-bond donors (Lipinski definition) is 1. The van der Waals surface area contributed by atoms with Crippen molar-refractivity contribution in [3.63, 3.8) is 0 Å². The third-order valence-electron chi connectivity index (χ3n) is 4.34. The van der Waals surface area contributed by atoms with Gasteiger partial charge in [-0.2, -0.15) is 0 Å². The number of aryl methyl sites for hydroxylation is 1. The van der Waals surface area contributed by atoms with Crippen LogP contribution in [0.2, 0.25) is 0 Å². The van der Waals surface area contributed by atoms with Gasteiger partial charge in [-0.3, -0.25) is 4.90 Å². The number of rotatable bonds is 4. The minimum Gasteiger partial charge on any atom is -0.360 e. The molecule has 2 unspecified atom stereocenters. The molecule has 0 radical (unpaired) electrons. The van der Waals surface area contributed by atoms with E-state index in [-0.39, 0.29) is 5.54 Å². The molecule has 1 aliphatic rings. The molecule has 1 saturated heterocycles. The van der Waals surface area contributed by atoms with Gasteiger partial charge in [0.1, 0.15) is 0 Å². The second kappa shape index (κ2) is 5.63. The highest BCUT2D eigenvalue weighted by Crippen LogP contribution is 2.24. The van der Waals surface area contributed by atoms with Crippen LogP contribution in [0, 0.1) is 12.8 Å². The van der Waals surface area contributed by atoms with Crippen LogP contribution < -0.4 is 5.32 Å². The Kier molecular flexibility index (Phi) is 4.31. The van der Waals surface area contributed by atoms with E-state index >= 15 is 0 Å². The SMILES string of the molecule is CCC1(C)CN(Cc2cc(C)no2)C(C(C)C)CN1. The van der Waals surface area contributed by atoms with E-state index in [1.54, 1.807) is 0 Å². The van der Waals surface area contributed by atoms with Crippen LogP contribution in [-0.2, 0) is 6.54 Å². The molecule has 1 aromatic rings. The van der Waals surface area contributed by atoms with Gasteiger partial charge in [0.05, 0.1) is 12.2 Å². The van der Waals surface area contributed by atoms with Gasteiger partial charge < -0.3 is 9.84 Å². The summed E-state index contributed by atoms with van der Waals surface area (Å²) in [5.41, 5.74) is 1.17. The van der Waals surface area contributed by atoms with Crippen LogP contribution in [0.5, 0.6) is 0 Å². The zero-order valence-electron chi connectivity index (χ0n) is 12.9. The van der Waals surface area contributed by atoms with Crippen LogP contribution in [-0.4, -0.2) is 34.7 Å². The van der Waals surface area contributed by atoms with E-state index in [0.29, 0.717) is 12.0 Å². The molecule has 1 fully saturated rings. The molecule has 0 saturated carbocycles. The lowest BCUT2D eigenvalue weighted by atomic mass is 9.90. The Morgan fingerprint density at radius 3 is 2.84 bits per heavy atom. The number of aromatic nitrogens is 1. The highest BCUT2D eigenvalue weighted by molar-refractivity contribution is 5.05. The molecule has 1 N–H and O–H groups in total. The Morgan fingerprint density at radius 2 is 2.32 bits per heavy atom. The smallest absolute Gasteiger partial charge is 0.150 e. The molecule has 2 heterocycles. The van der Waals surface area contributed by atoms with Crippen molar-refractivity contribution >= 4 is 0 Å². The van der Waals surface area contributed by atoms with Crippen molar-refractivity contribution < 1.29 is 4.52 Å². The van der Waals surface area contributed by atoms with Crippen LogP contribution in [0.3, 0.4) is 0 Å². The largest absolute Gasteiger partial charge is 0.360 e. The normalized spacial score (nSPS) is 29.1. The van der Waals surface area contributed by atoms with Crippen LogP contribution in [0.4, 0.5) is 0 Å².